The molecule has 2 bridgehead atoms. The first kappa shape index (κ1) is 13.0. The maximum Gasteiger partial charge on any atom is 0.462 e. The quantitative estimate of drug-likeness (QED) is 0.389. The first-order valence-electron chi connectivity index (χ1n) is 5.27. The Kier molecular flexibility index (Phi) is 2.44. The molecule has 0 heterocycles. The first-order chi connectivity index (χ1) is 8.69. The lowest BCUT2D eigenvalue weighted by Gasteiger charge is -2.25. The van der Waals surface area contributed by atoms with E-state index >= 15 is 0 Å². The summed E-state index contributed by atoms with van der Waals surface area (Å²) in [5.74, 6) is -2.59. The Morgan fingerprint density at radius 2 is 0.947 bits per heavy atom. The third kappa shape index (κ3) is 1.27. The molecular formula is C7H8N4O8. The van der Waals surface area contributed by atoms with Gasteiger partial charge in [-0.15, -0.1) is 0 Å². The zero-order valence-electron chi connectivity index (χ0n) is 9.33. The van der Waals surface area contributed by atoms with Crippen molar-refractivity contribution in [3.05, 3.63) is 40.5 Å². The zero-order valence-corrected chi connectivity index (χ0v) is 9.33. The van der Waals surface area contributed by atoms with Gasteiger partial charge in [0, 0.05) is 0 Å². The van der Waals surface area contributed by atoms with E-state index in [1.807, 2.05) is 0 Å². The van der Waals surface area contributed by atoms with Gasteiger partial charge in [-0.05, 0) is 6.42 Å². The van der Waals surface area contributed by atoms with E-state index in [1.54, 1.807) is 0 Å². The van der Waals surface area contributed by atoms with Gasteiger partial charge in [0.25, 0.3) is 0 Å². The van der Waals surface area contributed by atoms with Crippen molar-refractivity contribution in [2.75, 3.05) is 0 Å². The SMILES string of the molecule is O=[N+]([O-])C1([N+](=O)[O-])CC2CC1CC2([N+](=O)[O-])[N+](=O)[O-]. The summed E-state index contributed by atoms with van der Waals surface area (Å²) < 4.78 is 0. The minimum atomic E-state index is -2.53. The molecule has 104 valence electrons. The highest BCUT2D eigenvalue weighted by molar-refractivity contribution is 5.04. The molecule has 2 atom stereocenters. The number of rotatable bonds is 4. The van der Waals surface area contributed by atoms with Crippen molar-refractivity contribution in [3.8, 4) is 0 Å². The van der Waals surface area contributed by atoms with E-state index in [4.69, 9.17) is 0 Å². The van der Waals surface area contributed by atoms with E-state index < -0.39 is 55.7 Å². The van der Waals surface area contributed by atoms with Gasteiger partial charge in [-0.2, -0.15) is 0 Å². The highest BCUT2D eigenvalue weighted by atomic mass is 16.7. The molecule has 0 aliphatic heterocycles. The Morgan fingerprint density at radius 3 is 1.11 bits per heavy atom. The van der Waals surface area contributed by atoms with Crippen LogP contribution in [0.2, 0.25) is 0 Å². The number of hydrogen-bond acceptors (Lipinski definition) is 8. The van der Waals surface area contributed by atoms with Crippen molar-refractivity contribution in [3.63, 3.8) is 0 Å². The molecule has 0 radical (unpaired) electrons. The molecule has 2 rings (SSSR count). The van der Waals surface area contributed by atoms with E-state index in [0.717, 1.165) is 0 Å². The minimum absolute atomic E-state index is 0.246. The van der Waals surface area contributed by atoms with Gasteiger partial charge in [0.1, 0.15) is 24.7 Å². The minimum Gasteiger partial charge on any atom is -0.258 e. The molecule has 0 N–H and O–H groups in total. The van der Waals surface area contributed by atoms with Crippen LogP contribution in [0.25, 0.3) is 0 Å². The van der Waals surface area contributed by atoms with E-state index in [0.29, 0.717) is 0 Å². The van der Waals surface area contributed by atoms with Crippen LogP contribution in [0.4, 0.5) is 0 Å². The zero-order chi connectivity index (χ0) is 14.6. The van der Waals surface area contributed by atoms with Gasteiger partial charge in [-0.1, -0.05) is 0 Å². The first-order valence-corrected chi connectivity index (χ1v) is 5.27. The number of nitrogens with zero attached hydrogens (tertiary/aromatic N) is 4. The van der Waals surface area contributed by atoms with Gasteiger partial charge in [0.15, 0.2) is 0 Å². The molecule has 12 nitrogen and oxygen atoms in total. The topological polar surface area (TPSA) is 173 Å². The summed E-state index contributed by atoms with van der Waals surface area (Å²) in [4.78, 5) is 39.4. The standard InChI is InChI=1S/C7H8N4O8/c12-8(13)6(9(14)15)2-4-1-5(6)3-7(4,10(16)17)11(18)19/h4-5H,1-3H2. The van der Waals surface area contributed by atoms with E-state index in [9.17, 15) is 40.5 Å². The lowest BCUT2D eigenvalue weighted by molar-refractivity contribution is -0.836. The fraction of sp³-hybridized carbons (Fsp3) is 1.00. The molecule has 2 fully saturated rings. The highest BCUT2D eigenvalue weighted by Crippen LogP contribution is 2.58. The monoisotopic (exact) mass is 276 g/mol. The van der Waals surface area contributed by atoms with Crippen molar-refractivity contribution in [1.29, 1.82) is 0 Å². The van der Waals surface area contributed by atoms with Crippen LogP contribution in [0.5, 0.6) is 0 Å². The Hall–Kier alpha value is -2.40. The number of fused-ring (bicyclic) bond motifs is 2. The normalized spacial score (nSPS) is 29.9. The summed E-state index contributed by atoms with van der Waals surface area (Å²) in [5, 5.41) is 43.7. The van der Waals surface area contributed by atoms with Crippen LogP contribution in [0.15, 0.2) is 0 Å². The largest absolute Gasteiger partial charge is 0.462 e. The number of nitro groups is 4. The second-order valence-electron chi connectivity index (χ2n) is 4.82. The van der Waals surface area contributed by atoms with Crippen LogP contribution in [-0.4, -0.2) is 31.0 Å². The Morgan fingerprint density at radius 1 is 0.684 bits per heavy atom. The second kappa shape index (κ2) is 3.55. The second-order valence-corrected chi connectivity index (χ2v) is 4.82. The van der Waals surface area contributed by atoms with Gasteiger partial charge >= 0.3 is 11.3 Å². The van der Waals surface area contributed by atoms with Crippen molar-refractivity contribution < 1.29 is 19.7 Å². The van der Waals surface area contributed by atoms with Crippen LogP contribution in [0, 0.1) is 52.3 Å². The van der Waals surface area contributed by atoms with Gasteiger partial charge < -0.3 is 0 Å². The lowest BCUT2D eigenvalue weighted by Crippen LogP contribution is -2.59. The summed E-state index contributed by atoms with van der Waals surface area (Å²) >= 11 is 0. The Labute approximate surface area is 104 Å². The Bertz CT molecular complexity index is 431. The van der Waals surface area contributed by atoms with Crippen LogP contribution in [-0.2, 0) is 0 Å². The molecule has 2 aliphatic rings. The summed E-state index contributed by atoms with van der Waals surface area (Å²) in [6.45, 7) is 0. The van der Waals surface area contributed by atoms with Crippen LogP contribution >= 0.6 is 0 Å². The smallest absolute Gasteiger partial charge is 0.258 e. The molecular weight excluding hydrogens is 268 g/mol. The van der Waals surface area contributed by atoms with Crippen molar-refractivity contribution in [2.45, 2.75) is 30.6 Å². The Balaban J connectivity index is 2.45. The van der Waals surface area contributed by atoms with E-state index in [1.165, 1.54) is 0 Å². The molecule has 0 aromatic heterocycles. The lowest BCUT2D eigenvalue weighted by atomic mass is 9.82. The average molecular weight is 276 g/mol. The van der Waals surface area contributed by atoms with E-state index in [2.05, 4.69) is 0 Å². The molecule has 0 amide bonds. The molecule has 2 saturated carbocycles. The van der Waals surface area contributed by atoms with Gasteiger partial charge in [-0.3, -0.25) is 40.5 Å². The van der Waals surface area contributed by atoms with Crippen LogP contribution < -0.4 is 0 Å². The number of hydrogen-bond donors (Lipinski definition) is 0. The van der Waals surface area contributed by atoms with Crippen LogP contribution in [0.1, 0.15) is 19.3 Å². The third-order valence-corrected chi connectivity index (χ3v) is 4.23. The van der Waals surface area contributed by atoms with Crippen molar-refractivity contribution in [1.82, 2.24) is 0 Å². The van der Waals surface area contributed by atoms with E-state index in [-0.39, 0.29) is 6.42 Å². The van der Waals surface area contributed by atoms with Crippen molar-refractivity contribution in [2.24, 2.45) is 11.8 Å². The summed E-state index contributed by atoms with van der Waals surface area (Å²) in [6, 6.07) is 0. The molecule has 2 unspecified atom stereocenters. The molecule has 19 heavy (non-hydrogen) atoms. The summed E-state index contributed by atoms with van der Waals surface area (Å²) in [7, 11) is 0. The maximum absolute atomic E-state index is 10.9. The molecule has 0 saturated heterocycles. The third-order valence-electron chi connectivity index (χ3n) is 4.23. The average Bonchev–Trinajstić information content (AvgIpc) is 2.83. The predicted molar refractivity (Wildman–Crippen MR) is 54.3 cm³/mol. The highest BCUT2D eigenvalue weighted by Gasteiger charge is 2.85. The molecule has 2 aliphatic carbocycles. The van der Waals surface area contributed by atoms with Crippen molar-refractivity contribution >= 4 is 0 Å². The molecule has 12 heteroatoms. The fourth-order valence-electron chi connectivity index (χ4n) is 3.30. The molecule has 0 aromatic rings. The predicted octanol–water partition coefficient (Wildman–Crippen LogP) is -0.0843. The van der Waals surface area contributed by atoms with Crippen LogP contribution in [0.3, 0.4) is 0 Å². The maximum atomic E-state index is 10.9. The summed E-state index contributed by atoms with van der Waals surface area (Å²) in [6.07, 6.45) is -1.80. The van der Waals surface area contributed by atoms with Gasteiger partial charge in [0.2, 0.25) is 0 Å². The molecule has 0 spiro atoms. The van der Waals surface area contributed by atoms with Gasteiger partial charge in [0.05, 0.1) is 19.7 Å². The van der Waals surface area contributed by atoms with Gasteiger partial charge in [-0.25, -0.2) is 0 Å². The summed E-state index contributed by atoms with van der Waals surface area (Å²) in [5.41, 5.74) is -5.06. The fourth-order valence-corrected chi connectivity index (χ4v) is 3.30. The molecule has 0 aromatic carbocycles.